The minimum absolute atomic E-state index is 0.221. The van der Waals surface area contributed by atoms with Crippen LogP contribution in [0.1, 0.15) is 5.89 Å². The lowest BCUT2D eigenvalue weighted by Gasteiger charge is -2.05. The molecule has 0 spiro atoms. The maximum Gasteiger partial charge on any atom is 0.471 e. The summed E-state index contributed by atoms with van der Waals surface area (Å²) >= 11 is 0. The fourth-order valence-corrected chi connectivity index (χ4v) is 2.55. The van der Waals surface area contributed by atoms with Crippen molar-refractivity contribution in [1.29, 1.82) is 0 Å². The van der Waals surface area contributed by atoms with E-state index in [1.807, 2.05) is 0 Å². The maximum atomic E-state index is 12.5. The number of hydrogen-bond acceptors (Lipinski definition) is 7. The van der Waals surface area contributed by atoms with Gasteiger partial charge in [0, 0.05) is 17.9 Å². The second kappa shape index (κ2) is 6.05. The Labute approximate surface area is 143 Å². The van der Waals surface area contributed by atoms with Gasteiger partial charge in [-0.3, -0.25) is 4.79 Å². The third-order valence-corrected chi connectivity index (χ3v) is 4.32. The van der Waals surface area contributed by atoms with Crippen molar-refractivity contribution in [3.8, 4) is 17.1 Å². The summed E-state index contributed by atoms with van der Waals surface area (Å²) in [6.45, 7) is 0. The highest BCUT2D eigenvalue weighted by Crippen LogP contribution is 2.29. The van der Waals surface area contributed by atoms with Crippen LogP contribution in [0.3, 0.4) is 0 Å². The van der Waals surface area contributed by atoms with Gasteiger partial charge in [-0.2, -0.15) is 27.9 Å². The largest absolute Gasteiger partial charge is 0.471 e. The van der Waals surface area contributed by atoms with Crippen LogP contribution < -0.4 is 5.56 Å². The van der Waals surface area contributed by atoms with E-state index in [4.69, 9.17) is 0 Å². The van der Waals surface area contributed by atoms with Crippen molar-refractivity contribution in [2.75, 3.05) is 6.26 Å². The summed E-state index contributed by atoms with van der Waals surface area (Å²) in [5, 5.41) is 7.03. The Hall–Kier alpha value is -3.02. The van der Waals surface area contributed by atoms with Crippen LogP contribution in [-0.4, -0.2) is 34.6 Å². The van der Waals surface area contributed by atoms with Crippen LogP contribution >= 0.6 is 0 Å². The second-order valence-electron chi connectivity index (χ2n) is 5.18. The highest BCUT2D eigenvalue weighted by molar-refractivity contribution is 7.90. The molecule has 0 aliphatic heterocycles. The molecule has 12 heteroatoms. The Morgan fingerprint density at radius 2 is 1.81 bits per heavy atom. The molecule has 0 N–H and O–H groups in total. The molecular weight excluding hydrogens is 377 g/mol. The molecule has 0 saturated carbocycles. The lowest BCUT2D eigenvalue weighted by atomic mass is 10.2. The van der Waals surface area contributed by atoms with Gasteiger partial charge in [0.1, 0.15) is 0 Å². The van der Waals surface area contributed by atoms with Gasteiger partial charge in [0.2, 0.25) is 5.82 Å². The Morgan fingerprint density at radius 3 is 2.31 bits per heavy atom. The van der Waals surface area contributed by atoms with Crippen LogP contribution in [0.5, 0.6) is 0 Å². The average Bonchev–Trinajstić information content (AvgIpc) is 3.04. The van der Waals surface area contributed by atoms with Gasteiger partial charge in [-0.1, -0.05) is 5.16 Å². The van der Waals surface area contributed by atoms with Crippen LogP contribution in [0.2, 0.25) is 0 Å². The van der Waals surface area contributed by atoms with E-state index in [9.17, 15) is 26.4 Å². The van der Waals surface area contributed by atoms with Gasteiger partial charge in [-0.05, 0) is 24.3 Å². The van der Waals surface area contributed by atoms with E-state index >= 15 is 0 Å². The van der Waals surface area contributed by atoms with Crippen molar-refractivity contribution >= 4 is 9.84 Å². The molecule has 0 saturated heterocycles. The topological polar surface area (TPSA) is 108 Å². The van der Waals surface area contributed by atoms with Crippen LogP contribution in [0.25, 0.3) is 17.1 Å². The first-order chi connectivity index (χ1) is 12.1. The van der Waals surface area contributed by atoms with Crippen molar-refractivity contribution in [1.82, 2.24) is 19.9 Å². The first kappa shape index (κ1) is 17.8. The van der Waals surface area contributed by atoms with E-state index in [-0.39, 0.29) is 22.0 Å². The van der Waals surface area contributed by atoms with Crippen molar-refractivity contribution in [2.24, 2.45) is 0 Å². The molecule has 0 radical (unpaired) electrons. The normalized spacial score (nSPS) is 12.3. The number of benzene rings is 1. The predicted octanol–water partition coefficient (Wildman–Crippen LogP) is 1.70. The fraction of sp³-hybridized carbons (Fsp3) is 0.143. The molecule has 0 amide bonds. The van der Waals surface area contributed by atoms with Crippen LogP contribution in [-0.2, 0) is 16.0 Å². The van der Waals surface area contributed by atoms with Crippen molar-refractivity contribution in [3.05, 3.63) is 52.8 Å². The summed E-state index contributed by atoms with van der Waals surface area (Å²) in [4.78, 5) is 15.1. The van der Waals surface area contributed by atoms with Gasteiger partial charge in [0.25, 0.3) is 5.56 Å². The first-order valence-electron chi connectivity index (χ1n) is 6.87. The zero-order valence-electron chi connectivity index (χ0n) is 12.9. The van der Waals surface area contributed by atoms with E-state index < -0.39 is 27.5 Å². The maximum absolute atomic E-state index is 12.5. The third-order valence-electron chi connectivity index (χ3n) is 3.24. The molecule has 0 bridgehead atoms. The summed E-state index contributed by atoms with van der Waals surface area (Å²) in [6.07, 6.45) is -2.77. The number of aromatic nitrogens is 4. The molecular formula is C14H9F3N4O4S. The highest BCUT2D eigenvalue weighted by atomic mass is 32.2. The first-order valence-corrected chi connectivity index (χ1v) is 8.76. The Bertz CT molecular complexity index is 1120. The zero-order valence-corrected chi connectivity index (χ0v) is 13.7. The monoisotopic (exact) mass is 386 g/mol. The Morgan fingerprint density at radius 1 is 1.15 bits per heavy atom. The Balaban J connectivity index is 1.93. The quantitative estimate of drug-likeness (QED) is 0.674. The number of nitrogens with zero attached hydrogens (tertiary/aromatic N) is 4. The third kappa shape index (κ3) is 3.49. The SMILES string of the molecule is CS(=O)(=O)c1cnn(-c2ccc(-c3noc(C(F)(F)F)n3)cc2)c(=O)c1. The number of hydrogen-bond donors (Lipinski definition) is 0. The minimum Gasteiger partial charge on any atom is -0.329 e. The van der Waals surface area contributed by atoms with E-state index in [2.05, 4.69) is 19.8 Å². The van der Waals surface area contributed by atoms with Gasteiger partial charge >= 0.3 is 12.1 Å². The standard InChI is InChI=1S/C14H9F3N4O4S/c1-26(23,24)10-6-11(22)21(18-7-10)9-4-2-8(3-5-9)12-19-13(25-20-12)14(15,16)17/h2-7H,1H3. The van der Waals surface area contributed by atoms with Gasteiger partial charge in [-0.25, -0.2) is 8.42 Å². The number of sulfone groups is 1. The molecule has 2 heterocycles. The summed E-state index contributed by atoms with van der Waals surface area (Å²) in [5.41, 5.74) is -0.174. The van der Waals surface area contributed by atoms with Crippen molar-refractivity contribution in [2.45, 2.75) is 11.1 Å². The zero-order chi connectivity index (χ0) is 19.1. The number of rotatable bonds is 3. The summed E-state index contributed by atoms with van der Waals surface area (Å²) in [5.74, 6) is -1.73. The lowest BCUT2D eigenvalue weighted by molar-refractivity contribution is -0.159. The lowest BCUT2D eigenvalue weighted by Crippen LogP contribution is -2.21. The highest BCUT2D eigenvalue weighted by Gasteiger charge is 2.38. The molecule has 0 aliphatic carbocycles. The molecule has 0 aliphatic rings. The van der Waals surface area contributed by atoms with Gasteiger partial charge in [0.05, 0.1) is 16.8 Å². The fourth-order valence-electron chi connectivity index (χ4n) is 2.00. The molecule has 0 atom stereocenters. The predicted molar refractivity (Wildman–Crippen MR) is 81.2 cm³/mol. The van der Waals surface area contributed by atoms with Gasteiger partial charge in [-0.15, -0.1) is 0 Å². The van der Waals surface area contributed by atoms with E-state index in [0.29, 0.717) is 0 Å². The molecule has 0 fully saturated rings. The Kier molecular flexibility index (Phi) is 4.14. The molecule has 3 rings (SSSR count). The molecule has 0 unspecified atom stereocenters. The van der Waals surface area contributed by atoms with Gasteiger partial charge in [0.15, 0.2) is 9.84 Å². The van der Waals surface area contributed by atoms with E-state index in [1.165, 1.54) is 24.3 Å². The van der Waals surface area contributed by atoms with E-state index in [0.717, 1.165) is 23.2 Å². The van der Waals surface area contributed by atoms with Crippen LogP contribution in [0.15, 0.2) is 50.7 Å². The molecule has 3 aromatic rings. The molecule has 1 aromatic carbocycles. The average molecular weight is 386 g/mol. The van der Waals surface area contributed by atoms with E-state index in [1.54, 1.807) is 0 Å². The van der Waals surface area contributed by atoms with Gasteiger partial charge < -0.3 is 4.52 Å². The number of halogens is 3. The van der Waals surface area contributed by atoms with Crippen LogP contribution in [0.4, 0.5) is 13.2 Å². The number of alkyl halides is 3. The molecule has 136 valence electrons. The summed E-state index contributed by atoms with van der Waals surface area (Å²) < 4.78 is 65.4. The summed E-state index contributed by atoms with van der Waals surface area (Å²) in [6, 6.07) is 6.46. The minimum atomic E-state index is -4.75. The smallest absolute Gasteiger partial charge is 0.329 e. The summed E-state index contributed by atoms with van der Waals surface area (Å²) in [7, 11) is -3.57. The molecule has 26 heavy (non-hydrogen) atoms. The van der Waals surface area contributed by atoms with Crippen molar-refractivity contribution in [3.63, 3.8) is 0 Å². The molecule has 8 nitrogen and oxygen atoms in total. The second-order valence-corrected chi connectivity index (χ2v) is 7.20. The van der Waals surface area contributed by atoms with Crippen molar-refractivity contribution < 1.29 is 26.1 Å². The van der Waals surface area contributed by atoms with Crippen LogP contribution in [0, 0.1) is 0 Å². The molecule has 2 aromatic heterocycles.